The van der Waals surface area contributed by atoms with Gasteiger partial charge in [0.15, 0.2) is 0 Å². The Morgan fingerprint density at radius 1 is 1.04 bits per heavy atom. The number of carbonyl (C=O) groups excluding carboxylic acids is 3. The van der Waals surface area contributed by atoms with Crippen LogP contribution in [-0.4, -0.2) is 25.0 Å². The van der Waals surface area contributed by atoms with Gasteiger partial charge >= 0.3 is 6.03 Å². The Balaban J connectivity index is 2.13. The number of methoxy groups -OCH3 is 1. The van der Waals surface area contributed by atoms with Crippen molar-refractivity contribution in [2.45, 2.75) is 13.5 Å². The molecule has 0 fully saturated rings. The van der Waals surface area contributed by atoms with Crippen molar-refractivity contribution in [3.8, 4) is 5.75 Å². The maximum absolute atomic E-state index is 12.4. The number of urea groups is 1. The van der Waals surface area contributed by atoms with Gasteiger partial charge in [0, 0.05) is 24.7 Å². The van der Waals surface area contributed by atoms with Gasteiger partial charge in [0.25, 0.3) is 5.91 Å². The predicted octanol–water partition coefficient (Wildman–Crippen LogP) is 2.07. The van der Waals surface area contributed by atoms with Gasteiger partial charge in [0.1, 0.15) is 5.75 Å². The fourth-order valence-corrected chi connectivity index (χ4v) is 2.24. The van der Waals surface area contributed by atoms with Crippen molar-refractivity contribution < 1.29 is 19.1 Å². The van der Waals surface area contributed by atoms with Crippen LogP contribution in [0.5, 0.6) is 5.75 Å². The Morgan fingerprint density at radius 2 is 1.73 bits per heavy atom. The molecule has 0 atom stereocenters. The number of anilines is 2. The largest absolute Gasteiger partial charge is 0.495 e. The maximum Gasteiger partial charge on any atom is 0.312 e. The molecule has 0 radical (unpaired) electrons. The Hall–Kier alpha value is -3.55. The Bertz CT molecular complexity index is 818. The van der Waals surface area contributed by atoms with E-state index in [1.165, 1.54) is 14.0 Å². The smallest absolute Gasteiger partial charge is 0.312 e. The van der Waals surface area contributed by atoms with Crippen LogP contribution in [0.4, 0.5) is 16.2 Å². The average molecular weight is 356 g/mol. The summed E-state index contributed by atoms with van der Waals surface area (Å²) in [5.41, 5.74) is 7.24. The van der Waals surface area contributed by atoms with Crippen LogP contribution >= 0.6 is 0 Å². The molecule has 2 rings (SSSR count). The second kappa shape index (κ2) is 8.52. The third-order valence-electron chi connectivity index (χ3n) is 3.45. The highest BCUT2D eigenvalue weighted by Crippen LogP contribution is 2.28. The molecule has 4 amide bonds. The number of amides is 4. The van der Waals surface area contributed by atoms with Crippen LogP contribution < -0.4 is 26.4 Å². The molecule has 2 aromatic carbocycles. The van der Waals surface area contributed by atoms with Crippen molar-refractivity contribution >= 4 is 29.2 Å². The van der Waals surface area contributed by atoms with E-state index in [2.05, 4.69) is 16.0 Å². The van der Waals surface area contributed by atoms with Crippen LogP contribution in [0.15, 0.2) is 42.5 Å². The molecule has 5 N–H and O–H groups in total. The van der Waals surface area contributed by atoms with Gasteiger partial charge in [-0.25, -0.2) is 4.79 Å². The Kier molecular flexibility index (Phi) is 6.15. The molecule has 0 aliphatic heterocycles. The number of rotatable bonds is 6. The lowest BCUT2D eigenvalue weighted by Crippen LogP contribution is -2.28. The molecule has 0 aliphatic carbocycles. The molecule has 136 valence electrons. The van der Waals surface area contributed by atoms with Crippen molar-refractivity contribution in [2.24, 2.45) is 5.73 Å². The third-order valence-corrected chi connectivity index (χ3v) is 3.45. The molecule has 0 aliphatic rings. The van der Waals surface area contributed by atoms with Crippen LogP contribution in [0.3, 0.4) is 0 Å². The minimum atomic E-state index is -0.613. The van der Waals surface area contributed by atoms with Gasteiger partial charge in [-0.2, -0.15) is 0 Å². The predicted molar refractivity (Wildman–Crippen MR) is 98.1 cm³/mol. The SMILES string of the molecule is COc1ccc(NC(C)=O)cc1NC(=O)c1ccc(CNC(N)=O)cc1. The topological polar surface area (TPSA) is 123 Å². The number of benzene rings is 2. The van der Waals surface area contributed by atoms with E-state index in [9.17, 15) is 14.4 Å². The van der Waals surface area contributed by atoms with E-state index in [0.717, 1.165) is 5.56 Å². The normalized spacial score (nSPS) is 9.92. The third kappa shape index (κ3) is 5.23. The van der Waals surface area contributed by atoms with E-state index < -0.39 is 6.03 Å². The number of carbonyl (C=O) groups is 3. The number of nitrogens with two attached hydrogens (primary N) is 1. The lowest BCUT2D eigenvalue weighted by Gasteiger charge is -2.12. The minimum Gasteiger partial charge on any atom is -0.495 e. The molecule has 0 saturated carbocycles. The van der Waals surface area contributed by atoms with Crippen molar-refractivity contribution in [3.63, 3.8) is 0 Å². The average Bonchev–Trinajstić information content (AvgIpc) is 2.60. The summed E-state index contributed by atoms with van der Waals surface area (Å²) >= 11 is 0. The molecular formula is C18H20N4O4. The Morgan fingerprint density at radius 3 is 2.31 bits per heavy atom. The summed E-state index contributed by atoms with van der Waals surface area (Å²) in [7, 11) is 1.49. The Labute approximate surface area is 150 Å². The van der Waals surface area contributed by atoms with E-state index >= 15 is 0 Å². The first-order valence-corrected chi connectivity index (χ1v) is 7.78. The summed E-state index contributed by atoms with van der Waals surface area (Å²) in [6.07, 6.45) is 0. The van der Waals surface area contributed by atoms with Crippen LogP contribution in [0, 0.1) is 0 Å². The highest BCUT2D eigenvalue weighted by atomic mass is 16.5. The molecule has 0 bridgehead atoms. The quantitative estimate of drug-likeness (QED) is 0.633. The first-order chi connectivity index (χ1) is 12.4. The van der Waals surface area contributed by atoms with Gasteiger partial charge in [0.2, 0.25) is 5.91 Å². The summed E-state index contributed by atoms with van der Waals surface area (Å²) in [6.45, 7) is 1.68. The van der Waals surface area contributed by atoms with E-state index in [1.54, 1.807) is 42.5 Å². The lowest BCUT2D eigenvalue weighted by molar-refractivity contribution is -0.114. The van der Waals surface area contributed by atoms with Crippen LogP contribution in [-0.2, 0) is 11.3 Å². The minimum absolute atomic E-state index is 0.215. The van der Waals surface area contributed by atoms with Crippen LogP contribution in [0.2, 0.25) is 0 Å². The second-order valence-electron chi connectivity index (χ2n) is 5.47. The molecule has 8 nitrogen and oxygen atoms in total. The van der Waals surface area contributed by atoms with Crippen LogP contribution in [0.1, 0.15) is 22.8 Å². The van der Waals surface area contributed by atoms with Gasteiger partial charge < -0.3 is 26.4 Å². The summed E-state index contributed by atoms with van der Waals surface area (Å²) < 4.78 is 5.24. The van der Waals surface area contributed by atoms with E-state index in [-0.39, 0.29) is 18.4 Å². The van der Waals surface area contributed by atoms with Crippen molar-refractivity contribution in [2.75, 3.05) is 17.7 Å². The summed E-state index contributed by atoms with van der Waals surface area (Å²) in [5, 5.41) is 7.88. The van der Waals surface area contributed by atoms with E-state index in [4.69, 9.17) is 10.5 Å². The van der Waals surface area contributed by atoms with Gasteiger partial charge in [0.05, 0.1) is 12.8 Å². The molecular weight excluding hydrogens is 336 g/mol. The lowest BCUT2D eigenvalue weighted by atomic mass is 10.1. The number of hydrogen-bond acceptors (Lipinski definition) is 4. The summed E-state index contributed by atoms with van der Waals surface area (Å²) in [5.74, 6) is -0.0833. The fraction of sp³-hybridized carbons (Fsp3) is 0.167. The summed E-state index contributed by atoms with van der Waals surface area (Å²) in [6, 6.07) is 11.0. The zero-order valence-corrected chi connectivity index (χ0v) is 14.5. The highest BCUT2D eigenvalue weighted by Gasteiger charge is 2.11. The van der Waals surface area contributed by atoms with E-state index in [0.29, 0.717) is 22.7 Å². The molecule has 0 saturated heterocycles. The van der Waals surface area contributed by atoms with Gasteiger partial charge in [-0.1, -0.05) is 12.1 Å². The highest BCUT2D eigenvalue weighted by molar-refractivity contribution is 6.05. The maximum atomic E-state index is 12.4. The zero-order valence-electron chi connectivity index (χ0n) is 14.5. The van der Waals surface area contributed by atoms with Gasteiger partial charge in [-0.15, -0.1) is 0 Å². The van der Waals surface area contributed by atoms with Gasteiger partial charge in [-0.05, 0) is 35.9 Å². The second-order valence-corrected chi connectivity index (χ2v) is 5.47. The zero-order chi connectivity index (χ0) is 19.1. The van der Waals surface area contributed by atoms with Crippen molar-refractivity contribution in [3.05, 3.63) is 53.6 Å². The molecule has 26 heavy (non-hydrogen) atoms. The summed E-state index contributed by atoms with van der Waals surface area (Å²) in [4.78, 5) is 34.4. The fourth-order valence-electron chi connectivity index (χ4n) is 2.24. The number of ether oxygens (including phenoxy) is 1. The van der Waals surface area contributed by atoms with Crippen LogP contribution in [0.25, 0.3) is 0 Å². The first-order valence-electron chi connectivity index (χ1n) is 7.78. The molecule has 2 aromatic rings. The van der Waals surface area contributed by atoms with Gasteiger partial charge in [-0.3, -0.25) is 9.59 Å². The monoisotopic (exact) mass is 356 g/mol. The molecule has 0 spiro atoms. The van der Waals surface area contributed by atoms with Crippen molar-refractivity contribution in [1.29, 1.82) is 0 Å². The first kappa shape index (κ1) is 18.8. The number of primary amides is 1. The molecule has 8 heteroatoms. The molecule has 0 heterocycles. The molecule has 0 unspecified atom stereocenters. The number of hydrogen-bond donors (Lipinski definition) is 4. The van der Waals surface area contributed by atoms with Crippen molar-refractivity contribution in [1.82, 2.24) is 5.32 Å². The number of nitrogens with one attached hydrogen (secondary N) is 3. The molecule has 0 aromatic heterocycles. The standard InChI is InChI=1S/C18H20N4O4/c1-11(23)21-14-7-8-16(26-2)15(9-14)22-17(24)13-5-3-12(4-6-13)10-20-18(19)25/h3-9H,10H2,1-2H3,(H,21,23)(H,22,24)(H3,19,20,25). The van der Waals surface area contributed by atoms with E-state index in [1.807, 2.05) is 0 Å².